The molecule has 1 aromatic carbocycles. The summed E-state index contributed by atoms with van der Waals surface area (Å²) in [6.45, 7) is 7.08. The van der Waals surface area contributed by atoms with Crippen LogP contribution in [-0.4, -0.2) is 28.8 Å². The molecule has 1 unspecified atom stereocenters. The minimum atomic E-state index is 0. The second-order valence-corrected chi connectivity index (χ2v) is 6.99. The molecule has 0 aliphatic rings. The monoisotopic (exact) mass is 519 g/mol. The van der Waals surface area contributed by atoms with Gasteiger partial charge in [0.25, 0.3) is 0 Å². The molecule has 0 amide bonds. The topological polar surface area (TPSA) is 54.2 Å². The Morgan fingerprint density at radius 2 is 2.08 bits per heavy atom. The number of aromatic nitrogens is 2. The Hall–Kier alpha value is -1.09. The molecular weight excluding hydrogens is 493 g/mol. The van der Waals surface area contributed by atoms with Crippen molar-refractivity contribution in [2.75, 3.05) is 7.05 Å². The van der Waals surface area contributed by atoms with E-state index in [-0.39, 0.29) is 30.0 Å². The number of nitrogens with one attached hydrogen (secondary N) is 2. The Kier molecular flexibility index (Phi) is 8.92. The van der Waals surface area contributed by atoms with Gasteiger partial charge in [-0.1, -0.05) is 28.1 Å². The van der Waals surface area contributed by atoms with Crippen molar-refractivity contribution in [2.45, 2.75) is 39.8 Å². The first-order chi connectivity index (χ1) is 11.4. The summed E-state index contributed by atoms with van der Waals surface area (Å²) < 4.78 is 3.03. The fraction of sp³-hybridized carbons (Fsp3) is 0.444. The molecule has 0 fully saturated rings. The van der Waals surface area contributed by atoms with E-state index in [1.54, 1.807) is 7.05 Å². The molecule has 0 bridgehead atoms. The van der Waals surface area contributed by atoms with Crippen molar-refractivity contribution in [3.05, 3.63) is 51.3 Å². The summed E-state index contributed by atoms with van der Waals surface area (Å²) in [5.74, 6) is 0.807. The molecule has 2 N–H and O–H groups in total. The molecule has 1 aromatic heterocycles. The van der Waals surface area contributed by atoms with E-state index in [0.29, 0.717) is 0 Å². The third-order valence-electron chi connectivity index (χ3n) is 4.12. The average Bonchev–Trinajstić information content (AvgIpc) is 2.78. The number of benzene rings is 1. The van der Waals surface area contributed by atoms with Gasteiger partial charge in [-0.3, -0.25) is 9.67 Å². The average molecular weight is 520 g/mol. The van der Waals surface area contributed by atoms with Crippen molar-refractivity contribution in [3.8, 4) is 0 Å². The van der Waals surface area contributed by atoms with Crippen LogP contribution in [0.15, 0.2) is 33.7 Å². The van der Waals surface area contributed by atoms with Gasteiger partial charge in [0, 0.05) is 36.8 Å². The van der Waals surface area contributed by atoms with Gasteiger partial charge in [0.15, 0.2) is 5.96 Å². The minimum Gasteiger partial charge on any atom is -0.354 e. The van der Waals surface area contributed by atoms with Gasteiger partial charge in [-0.2, -0.15) is 5.10 Å². The third kappa shape index (κ3) is 6.29. The number of rotatable bonds is 5. The van der Waals surface area contributed by atoms with Crippen molar-refractivity contribution < 1.29 is 0 Å². The van der Waals surface area contributed by atoms with E-state index in [0.717, 1.165) is 29.1 Å². The van der Waals surface area contributed by atoms with Crippen LogP contribution in [0.25, 0.3) is 0 Å². The number of halogens is 2. The summed E-state index contributed by atoms with van der Waals surface area (Å²) in [7, 11) is 3.78. The fourth-order valence-electron chi connectivity index (χ4n) is 2.73. The van der Waals surface area contributed by atoms with Gasteiger partial charge in [0.2, 0.25) is 0 Å². The smallest absolute Gasteiger partial charge is 0.191 e. The number of aryl methyl sites for hydroxylation is 2. The predicted octanol–water partition coefficient (Wildman–Crippen LogP) is 3.71. The Balaban J connectivity index is 0.00000312. The molecule has 1 atom stereocenters. The highest BCUT2D eigenvalue weighted by atomic mass is 127. The summed E-state index contributed by atoms with van der Waals surface area (Å²) in [4.78, 5) is 4.32. The maximum absolute atomic E-state index is 4.49. The largest absolute Gasteiger partial charge is 0.354 e. The first-order valence-corrected chi connectivity index (χ1v) is 8.90. The lowest BCUT2D eigenvalue weighted by Gasteiger charge is -2.18. The number of hydrogen-bond donors (Lipinski definition) is 2. The molecule has 25 heavy (non-hydrogen) atoms. The van der Waals surface area contributed by atoms with E-state index in [2.05, 4.69) is 69.6 Å². The van der Waals surface area contributed by atoms with Crippen LogP contribution < -0.4 is 10.6 Å². The van der Waals surface area contributed by atoms with Gasteiger partial charge in [-0.15, -0.1) is 24.0 Å². The zero-order chi connectivity index (χ0) is 17.7. The van der Waals surface area contributed by atoms with Gasteiger partial charge in [-0.05, 0) is 50.5 Å². The van der Waals surface area contributed by atoms with E-state index < -0.39 is 0 Å². The molecule has 0 aliphatic carbocycles. The van der Waals surface area contributed by atoms with Crippen LogP contribution >= 0.6 is 39.9 Å². The van der Waals surface area contributed by atoms with Crippen LogP contribution in [0, 0.1) is 13.8 Å². The molecule has 0 aliphatic heterocycles. The summed E-state index contributed by atoms with van der Waals surface area (Å²) >= 11 is 3.50. The molecule has 0 radical (unpaired) electrons. The molecule has 2 aromatic rings. The Labute approximate surface area is 175 Å². The van der Waals surface area contributed by atoms with Crippen LogP contribution in [0.3, 0.4) is 0 Å². The van der Waals surface area contributed by atoms with Crippen molar-refractivity contribution in [3.63, 3.8) is 0 Å². The zero-order valence-electron chi connectivity index (χ0n) is 15.4. The summed E-state index contributed by atoms with van der Waals surface area (Å²) in [6.07, 6.45) is 0.920. The van der Waals surface area contributed by atoms with E-state index in [4.69, 9.17) is 0 Å². The molecule has 2 rings (SSSR count). The quantitative estimate of drug-likeness (QED) is 0.359. The van der Waals surface area contributed by atoms with Crippen LogP contribution in [0.1, 0.15) is 29.4 Å². The standard InChI is InChI=1S/C18H26BrN5.HI/c1-12(9-17-13(2)23-24(5)14(17)3)22-18(20-4)21-11-15-7-6-8-16(19)10-15;/h6-8,10,12H,9,11H2,1-5H3,(H2,20,21,22);1H. The van der Waals surface area contributed by atoms with Gasteiger partial charge in [0.05, 0.1) is 5.69 Å². The van der Waals surface area contributed by atoms with E-state index in [1.807, 2.05) is 23.9 Å². The molecule has 138 valence electrons. The summed E-state index contributed by atoms with van der Waals surface area (Å²) in [5, 5.41) is 11.3. The van der Waals surface area contributed by atoms with Gasteiger partial charge >= 0.3 is 0 Å². The van der Waals surface area contributed by atoms with Crippen LogP contribution in [0.4, 0.5) is 0 Å². The maximum Gasteiger partial charge on any atom is 0.191 e. The van der Waals surface area contributed by atoms with E-state index >= 15 is 0 Å². The summed E-state index contributed by atoms with van der Waals surface area (Å²) in [6, 6.07) is 8.52. The van der Waals surface area contributed by atoms with E-state index in [1.165, 1.54) is 16.8 Å². The van der Waals surface area contributed by atoms with Crippen LogP contribution in [0.5, 0.6) is 0 Å². The highest BCUT2D eigenvalue weighted by molar-refractivity contribution is 14.0. The molecule has 0 saturated heterocycles. The number of guanidine groups is 1. The summed E-state index contributed by atoms with van der Waals surface area (Å²) in [5.41, 5.74) is 4.83. The zero-order valence-corrected chi connectivity index (χ0v) is 19.3. The molecular formula is C18H27BrIN5. The van der Waals surface area contributed by atoms with Crippen molar-refractivity contribution in [1.82, 2.24) is 20.4 Å². The first kappa shape index (κ1) is 22.0. The van der Waals surface area contributed by atoms with Gasteiger partial charge in [0.1, 0.15) is 0 Å². The number of nitrogens with zero attached hydrogens (tertiary/aromatic N) is 3. The molecule has 7 heteroatoms. The highest BCUT2D eigenvalue weighted by Crippen LogP contribution is 2.14. The Morgan fingerprint density at radius 3 is 2.64 bits per heavy atom. The molecule has 5 nitrogen and oxygen atoms in total. The molecule has 0 saturated carbocycles. The normalized spacial score (nSPS) is 12.5. The van der Waals surface area contributed by atoms with Crippen molar-refractivity contribution in [1.29, 1.82) is 0 Å². The van der Waals surface area contributed by atoms with Crippen LogP contribution in [0.2, 0.25) is 0 Å². The second kappa shape index (κ2) is 10.2. The molecule has 1 heterocycles. The van der Waals surface area contributed by atoms with Crippen molar-refractivity contribution in [2.24, 2.45) is 12.0 Å². The van der Waals surface area contributed by atoms with Gasteiger partial charge < -0.3 is 10.6 Å². The second-order valence-electron chi connectivity index (χ2n) is 6.08. The lowest BCUT2D eigenvalue weighted by Crippen LogP contribution is -2.42. The predicted molar refractivity (Wildman–Crippen MR) is 119 cm³/mol. The number of aliphatic imine (C=N–C) groups is 1. The third-order valence-corrected chi connectivity index (χ3v) is 4.62. The Morgan fingerprint density at radius 1 is 1.36 bits per heavy atom. The van der Waals surface area contributed by atoms with Crippen LogP contribution in [-0.2, 0) is 20.0 Å². The minimum absolute atomic E-state index is 0. The Bertz CT molecular complexity index is 726. The lowest BCUT2D eigenvalue weighted by atomic mass is 10.1. The first-order valence-electron chi connectivity index (χ1n) is 8.11. The fourth-order valence-corrected chi connectivity index (χ4v) is 3.18. The van der Waals surface area contributed by atoms with Gasteiger partial charge in [-0.25, -0.2) is 0 Å². The SMILES string of the molecule is CN=C(NCc1cccc(Br)c1)NC(C)Cc1c(C)nn(C)c1C.I. The molecule has 0 spiro atoms. The highest BCUT2D eigenvalue weighted by Gasteiger charge is 2.13. The number of hydrogen-bond acceptors (Lipinski definition) is 2. The lowest BCUT2D eigenvalue weighted by molar-refractivity contribution is 0.635. The van der Waals surface area contributed by atoms with Crippen molar-refractivity contribution >= 4 is 45.9 Å². The van der Waals surface area contributed by atoms with E-state index in [9.17, 15) is 0 Å². The maximum atomic E-state index is 4.49.